The van der Waals surface area contributed by atoms with Crippen molar-refractivity contribution in [1.29, 1.82) is 0 Å². The van der Waals surface area contributed by atoms with Crippen LogP contribution in [0.3, 0.4) is 0 Å². The number of benzene rings is 3. The summed E-state index contributed by atoms with van der Waals surface area (Å²) in [7, 11) is -3.85. The van der Waals surface area contributed by atoms with Crippen molar-refractivity contribution in [2.24, 2.45) is 0 Å². The van der Waals surface area contributed by atoms with E-state index in [2.05, 4.69) is 5.32 Å². The number of sulfonamides is 1. The predicted octanol–water partition coefficient (Wildman–Crippen LogP) is 4.89. The molecule has 0 saturated carbocycles. The minimum absolute atomic E-state index is 0.141. The lowest BCUT2D eigenvalue weighted by Crippen LogP contribution is -2.53. The van der Waals surface area contributed by atoms with Gasteiger partial charge >= 0.3 is 0 Å². The zero-order chi connectivity index (χ0) is 28.6. The minimum Gasteiger partial charge on any atom is -0.354 e. The fraction of sp³-hybridized carbons (Fsp3) is 0.333. The Bertz CT molecular complexity index is 1380. The van der Waals surface area contributed by atoms with Gasteiger partial charge in [-0.3, -0.25) is 13.9 Å². The van der Waals surface area contributed by atoms with E-state index >= 15 is 0 Å². The largest absolute Gasteiger partial charge is 0.354 e. The number of aryl methyl sites for hydroxylation is 2. The van der Waals surface area contributed by atoms with Gasteiger partial charge in [0.25, 0.3) is 0 Å². The van der Waals surface area contributed by atoms with Gasteiger partial charge in [-0.2, -0.15) is 0 Å². The first kappa shape index (κ1) is 30.2. The molecule has 0 aliphatic heterocycles. The molecule has 39 heavy (non-hydrogen) atoms. The Balaban J connectivity index is 2.04. The Morgan fingerprint density at radius 2 is 1.62 bits per heavy atom. The van der Waals surface area contributed by atoms with Gasteiger partial charge in [0.2, 0.25) is 21.8 Å². The van der Waals surface area contributed by atoms with Crippen LogP contribution in [-0.2, 0) is 32.6 Å². The molecule has 0 unspecified atom stereocenters. The normalized spacial score (nSPS) is 12.0. The predicted molar refractivity (Wildman–Crippen MR) is 157 cm³/mol. The molecule has 1 N–H and O–H groups in total. The Morgan fingerprint density at radius 3 is 2.21 bits per heavy atom. The number of nitrogens with one attached hydrogen (secondary N) is 1. The lowest BCUT2D eigenvalue weighted by atomic mass is 10.0. The number of carbonyl (C=O) groups excluding carboxylic acids is 2. The number of halogens is 1. The molecular weight excluding hydrogens is 534 g/mol. The Morgan fingerprint density at radius 1 is 0.949 bits per heavy atom. The lowest BCUT2D eigenvalue weighted by Gasteiger charge is -2.33. The SMILES string of the molecule is CCCNC(=O)[C@@H](Cc1ccccc1)N(Cc1ccc(C)cc1)C(=O)CN(c1ccc(C)c(Cl)c1)S(C)(=O)=O. The summed E-state index contributed by atoms with van der Waals surface area (Å²) in [6, 6.07) is 21.2. The topological polar surface area (TPSA) is 86.8 Å². The van der Waals surface area contributed by atoms with E-state index < -0.39 is 28.5 Å². The summed E-state index contributed by atoms with van der Waals surface area (Å²) in [6.45, 7) is 5.87. The molecule has 3 rings (SSSR count). The van der Waals surface area contributed by atoms with Crippen molar-refractivity contribution < 1.29 is 18.0 Å². The van der Waals surface area contributed by atoms with E-state index in [0.29, 0.717) is 11.6 Å². The van der Waals surface area contributed by atoms with Crippen molar-refractivity contribution in [1.82, 2.24) is 10.2 Å². The van der Waals surface area contributed by atoms with Crippen LogP contribution in [0.4, 0.5) is 5.69 Å². The molecular formula is C30H36ClN3O4S. The maximum absolute atomic E-state index is 14.0. The molecule has 0 aliphatic rings. The highest BCUT2D eigenvalue weighted by Crippen LogP contribution is 2.25. The van der Waals surface area contributed by atoms with Crippen molar-refractivity contribution in [3.05, 3.63) is 100 Å². The van der Waals surface area contributed by atoms with Crippen molar-refractivity contribution in [2.45, 2.75) is 46.2 Å². The Hall–Kier alpha value is -3.36. The number of hydrogen-bond acceptors (Lipinski definition) is 4. The van der Waals surface area contributed by atoms with Crippen molar-refractivity contribution in [3.63, 3.8) is 0 Å². The van der Waals surface area contributed by atoms with Gasteiger partial charge in [-0.1, -0.05) is 84.8 Å². The van der Waals surface area contributed by atoms with Gasteiger partial charge in [0, 0.05) is 24.5 Å². The summed E-state index contributed by atoms with van der Waals surface area (Å²) in [4.78, 5) is 29.0. The van der Waals surface area contributed by atoms with Gasteiger partial charge in [-0.25, -0.2) is 8.42 Å². The smallest absolute Gasteiger partial charge is 0.244 e. The molecule has 208 valence electrons. The van der Waals surface area contributed by atoms with Crippen LogP contribution in [0.15, 0.2) is 72.8 Å². The molecule has 0 fully saturated rings. The number of hydrogen-bond donors (Lipinski definition) is 1. The highest BCUT2D eigenvalue weighted by molar-refractivity contribution is 7.92. The van der Waals surface area contributed by atoms with Crippen LogP contribution in [0.1, 0.15) is 35.6 Å². The molecule has 0 saturated heterocycles. The summed E-state index contributed by atoms with van der Waals surface area (Å²) in [5, 5.41) is 3.32. The van der Waals surface area contributed by atoms with Crippen LogP contribution in [-0.4, -0.2) is 50.5 Å². The van der Waals surface area contributed by atoms with E-state index in [9.17, 15) is 18.0 Å². The summed E-state index contributed by atoms with van der Waals surface area (Å²) in [5.74, 6) is -0.782. The molecule has 3 aromatic carbocycles. The van der Waals surface area contributed by atoms with Crippen LogP contribution in [0, 0.1) is 13.8 Å². The fourth-order valence-electron chi connectivity index (χ4n) is 4.16. The third-order valence-electron chi connectivity index (χ3n) is 6.42. The van der Waals surface area contributed by atoms with E-state index in [0.717, 1.165) is 39.2 Å². The van der Waals surface area contributed by atoms with Crippen LogP contribution < -0.4 is 9.62 Å². The van der Waals surface area contributed by atoms with E-state index in [1.54, 1.807) is 12.1 Å². The second-order valence-electron chi connectivity index (χ2n) is 9.71. The highest BCUT2D eigenvalue weighted by atomic mass is 35.5. The Kier molecular flexibility index (Phi) is 10.5. The van der Waals surface area contributed by atoms with Gasteiger partial charge in [0.05, 0.1) is 11.9 Å². The fourth-order valence-corrected chi connectivity index (χ4v) is 5.18. The molecule has 0 radical (unpaired) electrons. The molecule has 0 aliphatic carbocycles. The lowest BCUT2D eigenvalue weighted by molar-refractivity contribution is -0.140. The summed E-state index contributed by atoms with van der Waals surface area (Å²) in [5.41, 5.74) is 3.86. The number of rotatable bonds is 12. The Labute approximate surface area is 236 Å². The molecule has 0 aromatic heterocycles. The van der Waals surface area contributed by atoms with Crippen molar-refractivity contribution in [3.8, 4) is 0 Å². The second-order valence-corrected chi connectivity index (χ2v) is 12.0. The van der Waals surface area contributed by atoms with Gasteiger partial charge in [0.1, 0.15) is 12.6 Å². The number of anilines is 1. The third kappa shape index (κ3) is 8.57. The van der Waals surface area contributed by atoms with Crippen LogP contribution >= 0.6 is 11.6 Å². The first-order chi connectivity index (χ1) is 18.5. The molecule has 1 atom stereocenters. The zero-order valence-electron chi connectivity index (χ0n) is 22.9. The van der Waals surface area contributed by atoms with Crippen molar-refractivity contribution in [2.75, 3.05) is 23.7 Å². The second kappa shape index (κ2) is 13.6. The van der Waals surface area contributed by atoms with Gasteiger partial charge < -0.3 is 10.2 Å². The monoisotopic (exact) mass is 569 g/mol. The van der Waals surface area contributed by atoms with E-state index in [-0.39, 0.29) is 24.6 Å². The number of amides is 2. The van der Waals surface area contributed by atoms with E-state index in [4.69, 9.17) is 11.6 Å². The maximum Gasteiger partial charge on any atom is 0.244 e. The van der Waals surface area contributed by atoms with E-state index in [1.807, 2.05) is 75.4 Å². The maximum atomic E-state index is 14.0. The van der Waals surface area contributed by atoms with Gasteiger partial charge in [-0.05, 0) is 49.1 Å². The first-order valence-corrected chi connectivity index (χ1v) is 15.1. The number of nitrogens with zero attached hydrogens (tertiary/aromatic N) is 2. The van der Waals surface area contributed by atoms with Gasteiger partial charge in [0.15, 0.2) is 0 Å². The zero-order valence-corrected chi connectivity index (χ0v) is 24.4. The first-order valence-electron chi connectivity index (χ1n) is 12.9. The average molecular weight is 570 g/mol. The summed E-state index contributed by atoms with van der Waals surface area (Å²) >= 11 is 6.29. The van der Waals surface area contributed by atoms with Crippen molar-refractivity contribution >= 4 is 39.1 Å². The standard InChI is InChI=1S/C30H36ClN3O4S/c1-5-17-32-30(36)28(18-24-9-7-6-8-10-24)33(20-25-14-11-22(2)12-15-25)29(35)21-34(39(4,37)38)26-16-13-23(3)27(31)19-26/h6-16,19,28H,5,17-18,20-21H2,1-4H3,(H,32,36)/t28-/m1/s1. The molecule has 0 bridgehead atoms. The van der Waals surface area contributed by atoms with Crippen LogP contribution in [0.5, 0.6) is 0 Å². The third-order valence-corrected chi connectivity index (χ3v) is 7.96. The molecule has 7 nitrogen and oxygen atoms in total. The summed E-state index contributed by atoms with van der Waals surface area (Å²) in [6.07, 6.45) is 2.07. The minimum atomic E-state index is -3.85. The molecule has 0 heterocycles. The highest BCUT2D eigenvalue weighted by Gasteiger charge is 2.33. The van der Waals surface area contributed by atoms with E-state index in [1.165, 1.54) is 11.0 Å². The quantitative estimate of drug-likeness (QED) is 0.336. The van der Waals surface area contributed by atoms with Gasteiger partial charge in [-0.15, -0.1) is 0 Å². The van der Waals surface area contributed by atoms with Crippen LogP contribution in [0.25, 0.3) is 0 Å². The van der Waals surface area contributed by atoms with Crippen LogP contribution in [0.2, 0.25) is 5.02 Å². The average Bonchev–Trinajstić information content (AvgIpc) is 2.90. The molecule has 2 amide bonds. The summed E-state index contributed by atoms with van der Waals surface area (Å²) < 4.78 is 26.7. The molecule has 3 aromatic rings. The molecule has 0 spiro atoms. The molecule has 9 heteroatoms. The number of carbonyl (C=O) groups is 2.